The van der Waals surface area contributed by atoms with Crippen LogP contribution < -0.4 is 10.6 Å². The molecule has 1 aliphatic heterocycles. The van der Waals surface area contributed by atoms with Gasteiger partial charge in [-0.2, -0.15) is 5.10 Å². The Morgan fingerprint density at radius 3 is 3.05 bits per heavy atom. The van der Waals surface area contributed by atoms with E-state index in [9.17, 15) is 4.79 Å². The predicted molar refractivity (Wildman–Crippen MR) is 85.7 cm³/mol. The van der Waals surface area contributed by atoms with Crippen LogP contribution in [0.4, 0.5) is 0 Å². The van der Waals surface area contributed by atoms with Crippen LogP contribution >= 0.6 is 12.4 Å². The number of piperidine rings is 1. The molecule has 0 radical (unpaired) electrons. The van der Waals surface area contributed by atoms with Crippen LogP contribution in [0.5, 0.6) is 0 Å². The molecule has 1 amide bonds. The maximum Gasteiger partial charge on any atom is 0.226 e. The van der Waals surface area contributed by atoms with Crippen molar-refractivity contribution in [2.75, 3.05) is 6.54 Å². The number of aromatic amines is 1. The van der Waals surface area contributed by atoms with Crippen molar-refractivity contribution in [1.82, 2.24) is 20.8 Å². The van der Waals surface area contributed by atoms with Gasteiger partial charge in [0.25, 0.3) is 0 Å². The lowest BCUT2D eigenvalue weighted by atomic mass is 10.0. The lowest BCUT2D eigenvalue weighted by Crippen LogP contribution is -2.47. The number of nitrogens with zero attached hydrogens (tertiary/aromatic N) is 1. The monoisotopic (exact) mass is 308 g/mol. The van der Waals surface area contributed by atoms with Crippen LogP contribution in [0.15, 0.2) is 24.3 Å². The molecule has 0 aliphatic carbocycles. The molecule has 1 aliphatic rings. The number of H-pyrrole nitrogens is 1. The number of fused-ring (bicyclic) bond motifs is 1. The first-order chi connectivity index (χ1) is 9.72. The first-order valence-electron chi connectivity index (χ1n) is 7.17. The minimum atomic E-state index is 0. The molecule has 0 bridgehead atoms. The minimum absolute atomic E-state index is 0. The summed E-state index contributed by atoms with van der Waals surface area (Å²) in [7, 11) is 0. The summed E-state index contributed by atoms with van der Waals surface area (Å²) in [4.78, 5) is 12.1. The van der Waals surface area contributed by atoms with Crippen LogP contribution in [0, 0.1) is 0 Å². The van der Waals surface area contributed by atoms with E-state index in [4.69, 9.17) is 0 Å². The summed E-state index contributed by atoms with van der Waals surface area (Å²) in [6.07, 6.45) is 2.36. The number of benzene rings is 1. The Labute approximate surface area is 130 Å². The smallest absolute Gasteiger partial charge is 0.226 e. The molecule has 21 heavy (non-hydrogen) atoms. The highest BCUT2D eigenvalue weighted by molar-refractivity contribution is 5.87. The average molecular weight is 309 g/mol. The van der Waals surface area contributed by atoms with E-state index in [1.54, 1.807) is 0 Å². The maximum absolute atomic E-state index is 12.1. The van der Waals surface area contributed by atoms with Crippen molar-refractivity contribution >= 4 is 29.2 Å². The molecule has 2 aromatic rings. The van der Waals surface area contributed by atoms with E-state index in [2.05, 4.69) is 27.8 Å². The molecule has 0 saturated carbocycles. The Morgan fingerprint density at radius 2 is 2.24 bits per heavy atom. The molecular weight excluding hydrogens is 288 g/mol. The molecule has 3 rings (SSSR count). The minimum Gasteiger partial charge on any atom is -0.353 e. The van der Waals surface area contributed by atoms with Crippen LogP contribution in [0.25, 0.3) is 10.9 Å². The number of hydrogen-bond donors (Lipinski definition) is 3. The number of rotatable bonds is 3. The zero-order valence-electron chi connectivity index (χ0n) is 12.1. The zero-order valence-corrected chi connectivity index (χ0v) is 12.9. The van der Waals surface area contributed by atoms with E-state index in [0.717, 1.165) is 36.0 Å². The van der Waals surface area contributed by atoms with Crippen LogP contribution in [-0.4, -0.2) is 34.7 Å². The van der Waals surface area contributed by atoms with E-state index in [-0.39, 0.29) is 24.4 Å². The van der Waals surface area contributed by atoms with Crippen molar-refractivity contribution in [3.8, 4) is 0 Å². The van der Waals surface area contributed by atoms with Gasteiger partial charge in [0.05, 0.1) is 17.6 Å². The molecule has 2 atom stereocenters. The van der Waals surface area contributed by atoms with Gasteiger partial charge in [0.15, 0.2) is 0 Å². The molecule has 0 spiro atoms. The molecule has 1 aromatic carbocycles. The van der Waals surface area contributed by atoms with Gasteiger partial charge < -0.3 is 10.6 Å². The van der Waals surface area contributed by atoms with Crippen molar-refractivity contribution in [2.24, 2.45) is 0 Å². The summed E-state index contributed by atoms with van der Waals surface area (Å²) < 4.78 is 0. The van der Waals surface area contributed by atoms with Gasteiger partial charge in [0, 0.05) is 17.5 Å². The van der Waals surface area contributed by atoms with Gasteiger partial charge in [0.2, 0.25) is 5.91 Å². The fourth-order valence-corrected chi connectivity index (χ4v) is 2.85. The third-order valence-corrected chi connectivity index (χ3v) is 3.87. The number of hydrogen-bond acceptors (Lipinski definition) is 3. The molecule has 1 aromatic heterocycles. The van der Waals surface area contributed by atoms with Crippen molar-refractivity contribution in [1.29, 1.82) is 0 Å². The standard InChI is InChI=1S/C15H20N4O.ClH/c1-10-8-11(6-7-16-10)17-15(20)9-14-12-4-2-3-5-13(12)18-19-14;/h2-5,10-11,16H,6-9H2,1H3,(H,17,20)(H,18,19);1H. The summed E-state index contributed by atoms with van der Waals surface area (Å²) in [5.41, 5.74) is 1.80. The molecule has 2 unspecified atom stereocenters. The maximum atomic E-state index is 12.1. The highest BCUT2D eigenvalue weighted by atomic mass is 35.5. The Balaban J connectivity index is 0.00000161. The number of nitrogens with one attached hydrogen (secondary N) is 3. The fourth-order valence-electron chi connectivity index (χ4n) is 2.85. The molecule has 2 heterocycles. The van der Waals surface area contributed by atoms with Gasteiger partial charge in [-0.15, -0.1) is 12.4 Å². The van der Waals surface area contributed by atoms with Crippen LogP contribution in [0.2, 0.25) is 0 Å². The predicted octanol–water partition coefficient (Wildman–Crippen LogP) is 1.78. The van der Waals surface area contributed by atoms with Gasteiger partial charge in [-0.25, -0.2) is 0 Å². The van der Waals surface area contributed by atoms with Crippen molar-refractivity contribution in [3.63, 3.8) is 0 Å². The third-order valence-electron chi connectivity index (χ3n) is 3.87. The summed E-state index contributed by atoms with van der Waals surface area (Å²) >= 11 is 0. The van der Waals surface area contributed by atoms with Crippen molar-refractivity contribution < 1.29 is 4.79 Å². The van der Waals surface area contributed by atoms with E-state index >= 15 is 0 Å². The Hall–Kier alpha value is -1.59. The van der Waals surface area contributed by atoms with Crippen LogP contribution in [0.1, 0.15) is 25.5 Å². The summed E-state index contributed by atoms with van der Waals surface area (Å²) in [6.45, 7) is 3.12. The Kier molecular flexibility index (Phi) is 5.20. The van der Waals surface area contributed by atoms with Crippen molar-refractivity contribution in [2.45, 2.75) is 38.3 Å². The Bertz CT molecular complexity index is 612. The van der Waals surface area contributed by atoms with Gasteiger partial charge in [-0.05, 0) is 32.4 Å². The molecular formula is C15H21ClN4O. The molecule has 114 valence electrons. The van der Waals surface area contributed by atoms with Gasteiger partial charge >= 0.3 is 0 Å². The first-order valence-corrected chi connectivity index (χ1v) is 7.17. The lowest BCUT2D eigenvalue weighted by molar-refractivity contribution is -0.121. The van der Waals surface area contributed by atoms with E-state index in [1.807, 2.05) is 24.3 Å². The SMILES string of the molecule is CC1CC(NC(=O)Cc2[nH]nc3ccccc23)CCN1.Cl. The van der Waals surface area contributed by atoms with Gasteiger partial charge in [0.1, 0.15) is 0 Å². The van der Waals surface area contributed by atoms with Crippen LogP contribution in [0.3, 0.4) is 0 Å². The number of carbonyl (C=O) groups is 1. The topological polar surface area (TPSA) is 69.8 Å². The Morgan fingerprint density at radius 1 is 1.43 bits per heavy atom. The molecule has 3 N–H and O–H groups in total. The second kappa shape index (κ2) is 6.91. The van der Waals surface area contributed by atoms with Gasteiger partial charge in [-0.3, -0.25) is 9.89 Å². The van der Waals surface area contributed by atoms with Crippen LogP contribution in [-0.2, 0) is 11.2 Å². The fraction of sp³-hybridized carbons (Fsp3) is 0.467. The van der Waals surface area contributed by atoms with Gasteiger partial charge in [-0.1, -0.05) is 18.2 Å². The molecule has 5 nitrogen and oxygen atoms in total. The highest BCUT2D eigenvalue weighted by Crippen LogP contribution is 2.16. The summed E-state index contributed by atoms with van der Waals surface area (Å²) in [6, 6.07) is 8.61. The third kappa shape index (κ3) is 3.74. The first kappa shape index (κ1) is 15.8. The molecule has 1 fully saturated rings. The van der Waals surface area contributed by atoms with E-state index in [1.165, 1.54) is 0 Å². The number of aromatic nitrogens is 2. The highest BCUT2D eigenvalue weighted by Gasteiger charge is 2.20. The number of para-hydroxylation sites is 1. The summed E-state index contributed by atoms with van der Waals surface area (Å²) in [5, 5.41) is 14.7. The normalized spacial score (nSPS) is 21.8. The largest absolute Gasteiger partial charge is 0.353 e. The second-order valence-electron chi connectivity index (χ2n) is 5.54. The van der Waals surface area contributed by atoms with E-state index in [0.29, 0.717) is 12.5 Å². The quantitative estimate of drug-likeness (QED) is 0.809. The molecule has 6 heteroatoms. The zero-order chi connectivity index (χ0) is 13.9. The number of amides is 1. The number of carbonyl (C=O) groups excluding carboxylic acids is 1. The summed E-state index contributed by atoms with van der Waals surface area (Å²) in [5.74, 6) is 0.0681. The lowest BCUT2D eigenvalue weighted by Gasteiger charge is -2.28. The average Bonchev–Trinajstić information content (AvgIpc) is 2.82. The van der Waals surface area contributed by atoms with E-state index < -0.39 is 0 Å². The number of halogens is 1. The second-order valence-corrected chi connectivity index (χ2v) is 5.54. The molecule has 1 saturated heterocycles. The van der Waals surface area contributed by atoms with Crippen molar-refractivity contribution in [3.05, 3.63) is 30.0 Å².